The molecular weight excluding hydrogens is 375 g/mol. The zero-order valence-electron chi connectivity index (χ0n) is 14.3. The van der Waals surface area contributed by atoms with E-state index in [-0.39, 0.29) is 28.2 Å². The van der Waals surface area contributed by atoms with Crippen LogP contribution in [0.5, 0.6) is 0 Å². The molecule has 2 aromatic rings. The van der Waals surface area contributed by atoms with Gasteiger partial charge in [-0.1, -0.05) is 30.3 Å². The van der Waals surface area contributed by atoms with E-state index in [2.05, 4.69) is 14.9 Å². The molecule has 26 heavy (non-hydrogen) atoms. The third-order valence-corrected chi connectivity index (χ3v) is 6.87. The highest BCUT2D eigenvalue weighted by Gasteiger charge is 2.45. The Balaban J connectivity index is 1.82. The van der Waals surface area contributed by atoms with Crippen molar-refractivity contribution in [3.63, 3.8) is 0 Å². The van der Waals surface area contributed by atoms with E-state index in [1.807, 2.05) is 6.92 Å². The van der Waals surface area contributed by atoms with Gasteiger partial charge in [0.2, 0.25) is 0 Å². The summed E-state index contributed by atoms with van der Waals surface area (Å²) in [7, 11) is 0. The van der Waals surface area contributed by atoms with Crippen molar-refractivity contribution in [2.45, 2.75) is 43.8 Å². The number of piperidine rings is 1. The highest BCUT2D eigenvalue weighted by Crippen LogP contribution is 2.47. The molecule has 2 bridgehead atoms. The molecular formula is C18H18ClFN4OS. The lowest BCUT2D eigenvalue weighted by Crippen LogP contribution is -2.46. The predicted octanol–water partition coefficient (Wildman–Crippen LogP) is 4.12. The monoisotopic (exact) mass is 392 g/mol. The number of carbonyl (C=O) groups excluding carboxylic acids is 1. The van der Waals surface area contributed by atoms with Crippen molar-refractivity contribution in [1.82, 2.24) is 15.0 Å². The molecule has 0 spiro atoms. The summed E-state index contributed by atoms with van der Waals surface area (Å²) in [6, 6.07) is 0.106. The number of hydrogen-bond acceptors (Lipinski definition) is 6. The first-order chi connectivity index (χ1) is 12.6. The fraction of sp³-hybridized carbons (Fsp3) is 0.556. The Morgan fingerprint density at radius 1 is 1.31 bits per heavy atom. The maximum absolute atomic E-state index is 14.8. The second-order valence-electron chi connectivity index (χ2n) is 7.34. The van der Waals surface area contributed by atoms with Gasteiger partial charge in [-0.2, -0.15) is 0 Å². The molecule has 3 aliphatic rings. The molecule has 2 aromatic heterocycles. The Kier molecular flexibility index (Phi) is 3.87. The molecule has 5 nitrogen and oxygen atoms in total. The Labute approximate surface area is 159 Å². The van der Waals surface area contributed by atoms with Crippen LogP contribution in [0.25, 0.3) is 10.9 Å². The third-order valence-electron chi connectivity index (χ3n) is 5.89. The van der Waals surface area contributed by atoms with E-state index in [1.54, 1.807) is 0 Å². The average Bonchev–Trinajstić information content (AvgIpc) is 2.97. The molecule has 2 aliphatic heterocycles. The molecule has 0 aromatic carbocycles. The summed E-state index contributed by atoms with van der Waals surface area (Å²) in [6.07, 6.45) is 3.88. The first kappa shape index (κ1) is 16.7. The van der Waals surface area contributed by atoms with Crippen molar-refractivity contribution in [3.05, 3.63) is 16.7 Å². The summed E-state index contributed by atoms with van der Waals surface area (Å²) in [6.45, 7) is 2.87. The van der Waals surface area contributed by atoms with Crippen molar-refractivity contribution >= 4 is 45.9 Å². The van der Waals surface area contributed by atoms with Crippen LogP contribution in [0.2, 0.25) is 5.15 Å². The van der Waals surface area contributed by atoms with Crippen molar-refractivity contribution in [3.8, 4) is 0 Å². The topological polar surface area (TPSA) is 59.0 Å². The predicted molar refractivity (Wildman–Crippen MR) is 99.6 cm³/mol. The molecule has 136 valence electrons. The zero-order valence-corrected chi connectivity index (χ0v) is 15.9. The fourth-order valence-corrected chi connectivity index (χ4v) is 5.55. The summed E-state index contributed by atoms with van der Waals surface area (Å²) >= 11 is 7.46. The van der Waals surface area contributed by atoms with Crippen molar-refractivity contribution in [2.24, 2.45) is 11.8 Å². The molecule has 4 heterocycles. The maximum atomic E-state index is 14.8. The minimum Gasteiger partial charge on any atom is -0.352 e. The number of pyridine rings is 1. The molecule has 0 unspecified atom stereocenters. The number of anilines is 1. The van der Waals surface area contributed by atoms with E-state index in [0.29, 0.717) is 34.6 Å². The van der Waals surface area contributed by atoms with Crippen molar-refractivity contribution < 1.29 is 9.18 Å². The molecule has 0 N–H and O–H groups in total. The van der Waals surface area contributed by atoms with Gasteiger partial charge >= 0.3 is 0 Å². The summed E-state index contributed by atoms with van der Waals surface area (Å²) in [4.78, 5) is 28.4. The average molecular weight is 393 g/mol. The van der Waals surface area contributed by atoms with E-state index < -0.39 is 5.82 Å². The van der Waals surface area contributed by atoms with Gasteiger partial charge in [0.25, 0.3) is 0 Å². The maximum Gasteiger partial charge on any atom is 0.190 e. The first-order valence-electron chi connectivity index (χ1n) is 9.06. The number of rotatable bonds is 2. The van der Waals surface area contributed by atoms with E-state index in [9.17, 15) is 9.18 Å². The van der Waals surface area contributed by atoms with Crippen molar-refractivity contribution in [2.75, 3.05) is 17.2 Å². The third kappa shape index (κ3) is 2.36. The number of fused-ring (bicyclic) bond motifs is 5. The summed E-state index contributed by atoms with van der Waals surface area (Å²) in [5.74, 6) is 1.79. The minimum atomic E-state index is -0.668. The molecule has 1 saturated carbocycles. The second kappa shape index (κ2) is 6.02. The Morgan fingerprint density at radius 3 is 2.96 bits per heavy atom. The van der Waals surface area contributed by atoms with Gasteiger partial charge in [-0.15, -0.1) is 0 Å². The standard InChI is InChI=1S/C18H18ClFN4OS/c1-2-26-18-22-15-12-14(21-16(19)13(15)20)11(25)6-10-9-4-3-8(5-9)7-24(10)17(12)23-18/h8-10H,2-7H2,1H3/t8-,9+,10+/m0/s1. The SMILES string of the molecule is CCSc1nc2c3c(nc(Cl)c(F)c3n1)C(=O)C[C@@H]1[C@@H]3CC[C@@H](C3)CN21. The number of hydrogen-bond donors (Lipinski definition) is 0. The minimum absolute atomic E-state index is 0.0875. The summed E-state index contributed by atoms with van der Waals surface area (Å²) in [5, 5.41) is 0.661. The highest BCUT2D eigenvalue weighted by atomic mass is 35.5. The van der Waals surface area contributed by atoms with E-state index >= 15 is 0 Å². The number of Topliss-reactive ketones (excluding diaryl/α,β-unsaturated/α-hetero) is 1. The molecule has 3 atom stereocenters. The summed E-state index contributed by atoms with van der Waals surface area (Å²) in [5.41, 5.74) is 0.340. The van der Waals surface area contributed by atoms with Gasteiger partial charge in [0.15, 0.2) is 21.9 Å². The molecule has 1 aliphatic carbocycles. The van der Waals surface area contributed by atoms with Crippen LogP contribution in [0.1, 0.15) is 43.1 Å². The van der Waals surface area contributed by atoms with Gasteiger partial charge in [0.05, 0.1) is 5.39 Å². The van der Waals surface area contributed by atoms with Crippen LogP contribution in [-0.4, -0.2) is 39.1 Å². The number of ketones is 1. The number of nitrogens with zero attached hydrogens (tertiary/aromatic N) is 4. The molecule has 0 amide bonds. The van der Waals surface area contributed by atoms with E-state index in [0.717, 1.165) is 25.1 Å². The number of thioether (sulfide) groups is 1. The number of aromatic nitrogens is 3. The van der Waals surface area contributed by atoms with Crippen LogP contribution in [0.3, 0.4) is 0 Å². The zero-order chi connectivity index (χ0) is 18.0. The highest BCUT2D eigenvalue weighted by molar-refractivity contribution is 7.99. The molecule has 1 saturated heterocycles. The first-order valence-corrected chi connectivity index (χ1v) is 10.4. The van der Waals surface area contributed by atoms with Gasteiger partial charge in [0.1, 0.15) is 17.0 Å². The summed E-state index contributed by atoms with van der Waals surface area (Å²) < 4.78 is 14.8. The van der Waals surface area contributed by atoms with Crippen molar-refractivity contribution in [1.29, 1.82) is 0 Å². The van der Waals surface area contributed by atoms with E-state index in [1.165, 1.54) is 18.2 Å². The largest absolute Gasteiger partial charge is 0.352 e. The van der Waals surface area contributed by atoms with Crippen LogP contribution in [0, 0.1) is 17.7 Å². The van der Waals surface area contributed by atoms with Gasteiger partial charge in [0, 0.05) is 19.0 Å². The van der Waals surface area contributed by atoms with Crippen LogP contribution < -0.4 is 4.90 Å². The molecule has 0 radical (unpaired) electrons. The normalized spacial score (nSPS) is 27.0. The van der Waals surface area contributed by atoms with Gasteiger partial charge in [-0.05, 0) is 36.9 Å². The lowest BCUT2D eigenvalue weighted by Gasteiger charge is -2.40. The second-order valence-corrected chi connectivity index (χ2v) is 8.93. The lowest BCUT2D eigenvalue weighted by atomic mass is 9.88. The van der Waals surface area contributed by atoms with Crippen LogP contribution in [-0.2, 0) is 0 Å². The number of carbonyl (C=O) groups is 1. The van der Waals surface area contributed by atoms with Gasteiger partial charge in [-0.3, -0.25) is 4.79 Å². The Hall–Kier alpha value is -1.47. The quantitative estimate of drug-likeness (QED) is 0.435. The molecule has 2 fully saturated rings. The number of halogens is 2. The van der Waals surface area contributed by atoms with Crippen LogP contribution in [0.4, 0.5) is 10.2 Å². The van der Waals surface area contributed by atoms with Gasteiger partial charge < -0.3 is 4.90 Å². The van der Waals surface area contributed by atoms with Crippen LogP contribution in [0.15, 0.2) is 5.16 Å². The Bertz CT molecular complexity index is 939. The molecule has 8 heteroatoms. The Morgan fingerprint density at radius 2 is 2.15 bits per heavy atom. The molecule has 5 rings (SSSR count). The van der Waals surface area contributed by atoms with Gasteiger partial charge in [-0.25, -0.2) is 19.3 Å². The van der Waals surface area contributed by atoms with Crippen LogP contribution >= 0.6 is 23.4 Å². The smallest absolute Gasteiger partial charge is 0.190 e. The fourth-order valence-electron chi connectivity index (χ4n) is 4.81. The lowest BCUT2D eigenvalue weighted by molar-refractivity contribution is 0.0957. The van der Waals surface area contributed by atoms with E-state index in [4.69, 9.17) is 16.6 Å².